The van der Waals surface area contributed by atoms with Crippen LogP contribution in [0.5, 0.6) is 5.75 Å². The number of nitrogens with zero attached hydrogens (tertiary/aromatic N) is 4. The maximum absolute atomic E-state index is 12.7. The predicted octanol–water partition coefficient (Wildman–Crippen LogP) is 5.05. The maximum Gasteiger partial charge on any atom is 0.415 e. The fourth-order valence-electron chi connectivity index (χ4n) is 4.85. The number of ether oxygens (including phenoxy) is 1. The second kappa shape index (κ2) is 12.9. The van der Waals surface area contributed by atoms with Crippen LogP contribution in [0.2, 0.25) is 0 Å². The number of aromatic nitrogens is 3. The van der Waals surface area contributed by atoms with Gasteiger partial charge in [0.25, 0.3) is 5.91 Å². The number of benzene rings is 2. The quantitative estimate of drug-likeness (QED) is 0.390. The summed E-state index contributed by atoms with van der Waals surface area (Å²) in [7, 11) is 0. The first-order valence-electron chi connectivity index (χ1n) is 13.3. The molecular formula is C28H34N6O3S. The molecule has 200 valence electrons. The summed E-state index contributed by atoms with van der Waals surface area (Å²) in [5.41, 5.74) is 2.49. The van der Waals surface area contributed by atoms with Gasteiger partial charge in [-0.15, -0.1) is 0 Å². The fraction of sp³-hybridized carbons (Fsp3) is 0.429. The number of piperidine rings is 2. The van der Waals surface area contributed by atoms with Gasteiger partial charge in [0.15, 0.2) is 5.16 Å². The van der Waals surface area contributed by atoms with Gasteiger partial charge >= 0.3 is 6.09 Å². The van der Waals surface area contributed by atoms with Gasteiger partial charge in [-0.2, -0.15) is 5.10 Å². The minimum atomic E-state index is -0.340. The normalized spacial score (nSPS) is 16.8. The molecule has 9 nitrogen and oxygen atoms in total. The van der Waals surface area contributed by atoms with E-state index in [1.165, 1.54) is 31.2 Å². The van der Waals surface area contributed by atoms with Crippen molar-refractivity contribution in [2.24, 2.45) is 5.92 Å². The van der Waals surface area contributed by atoms with E-state index < -0.39 is 0 Å². The smallest absolute Gasteiger partial charge is 0.410 e. The number of aromatic amines is 1. The minimum absolute atomic E-state index is 0.163. The van der Waals surface area contributed by atoms with Crippen molar-refractivity contribution in [1.82, 2.24) is 25.0 Å². The largest absolute Gasteiger partial charge is 0.415 e. The first-order chi connectivity index (χ1) is 18.6. The van der Waals surface area contributed by atoms with Crippen LogP contribution < -0.4 is 10.1 Å². The summed E-state index contributed by atoms with van der Waals surface area (Å²) in [4.78, 5) is 33.7. The highest BCUT2D eigenvalue weighted by Crippen LogP contribution is 2.25. The zero-order valence-electron chi connectivity index (χ0n) is 21.5. The van der Waals surface area contributed by atoms with E-state index in [0.29, 0.717) is 36.0 Å². The van der Waals surface area contributed by atoms with Gasteiger partial charge in [0, 0.05) is 36.6 Å². The molecule has 0 saturated carbocycles. The molecular weight excluding hydrogens is 500 g/mol. The Bertz CT molecular complexity index is 1170. The van der Waals surface area contributed by atoms with E-state index in [4.69, 9.17) is 4.74 Å². The van der Waals surface area contributed by atoms with Crippen LogP contribution in [0.1, 0.15) is 48.0 Å². The Morgan fingerprint density at radius 1 is 0.974 bits per heavy atom. The third-order valence-electron chi connectivity index (χ3n) is 7.11. The topological polar surface area (TPSA) is 103 Å². The Balaban J connectivity index is 1.05. The zero-order valence-corrected chi connectivity index (χ0v) is 22.3. The van der Waals surface area contributed by atoms with Gasteiger partial charge in [0.1, 0.15) is 12.1 Å². The molecule has 10 heteroatoms. The summed E-state index contributed by atoms with van der Waals surface area (Å²) in [6, 6.07) is 14.7. The molecule has 2 saturated heterocycles. The average Bonchev–Trinajstić information content (AvgIpc) is 3.48. The van der Waals surface area contributed by atoms with Crippen molar-refractivity contribution in [3.63, 3.8) is 0 Å². The van der Waals surface area contributed by atoms with Crippen LogP contribution in [0.3, 0.4) is 0 Å². The summed E-state index contributed by atoms with van der Waals surface area (Å²) in [5, 5.41) is 10.5. The molecule has 38 heavy (non-hydrogen) atoms. The van der Waals surface area contributed by atoms with Crippen LogP contribution in [0, 0.1) is 5.92 Å². The Kier molecular flexibility index (Phi) is 8.93. The molecule has 2 aliphatic rings. The highest BCUT2D eigenvalue weighted by molar-refractivity contribution is 7.99. The number of anilines is 1. The molecule has 2 aromatic carbocycles. The Morgan fingerprint density at radius 2 is 1.71 bits per heavy atom. The van der Waals surface area contributed by atoms with Gasteiger partial charge < -0.3 is 15.0 Å². The number of nitrogens with one attached hydrogen (secondary N) is 2. The molecule has 0 radical (unpaired) electrons. The van der Waals surface area contributed by atoms with Crippen molar-refractivity contribution in [3.05, 3.63) is 66.0 Å². The number of amides is 2. The second-order valence-corrected chi connectivity index (χ2v) is 10.9. The number of thioether (sulfide) groups is 1. The van der Waals surface area contributed by atoms with Gasteiger partial charge in [0.05, 0.1) is 0 Å². The molecule has 0 unspecified atom stereocenters. The summed E-state index contributed by atoms with van der Waals surface area (Å²) in [6.45, 7) is 4.58. The van der Waals surface area contributed by atoms with Gasteiger partial charge in [-0.25, -0.2) is 9.78 Å². The third-order valence-corrected chi connectivity index (χ3v) is 8.22. The minimum Gasteiger partial charge on any atom is -0.410 e. The standard InChI is InChI=1S/C28H34N6O3S/c35-26(23-6-4-21(5-7-23)18-33-14-2-1-3-15-33)31-24-8-10-25(11-9-24)37-28(36)34-16-12-22(13-17-34)19-38-27-29-20-30-32-27/h4-11,20,22H,1-3,12-19H2,(H,31,35)(H,29,30,32). The molecule has 1 aromatic heterocycles. The molecule has 2 amide bonds. The number of hydrogen-bond acceptors (Lipinski definition) is 7. The van der Waals surface area contributed by atoms with Crippen LogP contribution >= 0.6 is 11.8 Å². The number of rotatable bonds is 8. The molecule has 0 aliphatic carbocycles. The van der Waals surface area contributed by atoms with Crippen LogP contribution in [0.15, 0.2) is 60.0 Å². The predicted molar refractivity (Wildman–Crippen MR) is 147 cm³/mol. The summed E-state index contributed by atoms with van der Waals surface area (Å²) < 4.78 is 5.57. The van der Waals surface area contributed by atoms with Gasteiger partial charge in [-0.05, 0) is 86.7 Å². The number of likely N-dealkylation sites (tertiary alicyclic amines) is 2. The van der Waals surface area contributed by atoms with E-state index in [0.717, 1.165) is 43.4 Å². The molecule has 0 atom stereocenters. The first-order valence-corrected chi connectivity index (χ1v) is 14.3. The molecule has 5 rings (SSSR count). The average molecular weight is 535 g/mol. The van der Waals surface area contributed by atoms with E-state index in [-0.39, 0.29) is 12.0 Å². The molecule has 2 aliphatic heterocycles. The van der Waals surface area contributed by atoms with E-state index in [1.54, 1.807) is 40.9 Å². The zero-order chi connectivity index (χ0) is 26.2. The van der Waals surface area contributed by atoms with Gasteiger partial charge in [-0.3, -0.25) is 14.8 Å². The Morgan fingerprint density at radius 3 is 2.39 bits per heavy atom. The molecule has 2 fully saturated rings. The van der Waals surface area contributed by atoms with Crippen molar-refractivity contribution >= 4 is 29.4 Å². The first kappa shape index (κ1) is 26.2. The van der Waals surface area contributed by atoms with Crippen molar-refractivity contribution in [2.45, 2.75) is 43.8 Å². The molecule has 0 bridgehead atoms. The van der Waals surface area contributed by atoms with Gasteiger partial charge in [-0.1, -0.05) is 30.3 Å². The summed E-state index contributed by atoms with van der Waals surface area (Å²) >= 11 is 1.66. The lowest BCUT2D eigenvalue weighted by Crippen LogP contribution is -2.40. The monoisotopic (exact) mass is 534 g/mol. The lowest BCUT2D eigenvalue weighted by Gasteiger charge is -2.30. The van der Waals surface area contributed by atoms with Crippen molar-refractivity contribution in [3.8, 4) is 5.75 Å². The number of hydrogen-bond donors (Lipinski definition) is 2. The molecule has 3 heterocycles. The van der Waals surface area contributed by atoms with Crippen molar-refractivity contribution < 1.29 is 14.3 Å². The van der Waals surface area contributed by atoms with Crippen LogP contribution in [-0.2, 0) is 6.54 Å². The molecule has 3 aromatic rings. The van der Waals surface area contributed by atoms with Crippen LogP contribution in [-0.4, -0.2) is 68.9 Å². The van der Waals surface area contributed by atoms with E-state index in [1.807, 2.05) is 24.3 Å². The Hall–Kier alpha value is -3.37. The van der Waals surface area contributed by atoms with Crippen molar-refractivity contribution in [1.29, 1.82) is 0 Å². The maximum atomic E-state index is 12.7. The number of carbonyl (C=O) groups is 2. The van der Waals surface area contributed by atoms with E-state index in [2.05, 4.69) is 25.4 Å². The van der Waals surface area contributed by atoms with Gasteiger partial charge in [0.2, 0.25) is 0 Å². The number of carbonyl (C=O) groups excluding carboxylic acids is 2. The van der Waals surface area contributed by atoms with Crippen LogP contribution in [0.4, 0.5) is 10.5 Å². The highest BCUT2D eigenvalue weighted by atomic mass is 32.2. The third kappa shape index (κ3) is 7.35. The summed E-state index contributed by atoms with van der Waals surface area (Å²) in [5.74, 6) is 1.78. The highest BCUT2D eigenvalue weighted by Gasteiger charge is 2.24. The number of H-pyrrole nitrogens is 1. The Labute approximate surface area is 227 Å². The molecule has 2 N–H and O–H groups in total. The van der Waals surface area contributed by atoms with E-state index >= 15 is 0 Å². The van der Waals surface area contributed by atoms with Crippen molar-refractivity contribution in [2.75, 3.05) is 37.2 Å². The molecule has 0 spiro atoms. The second-order valence-electron chi connectivity index (χ2n) is 9.91. The fourth-order valence-corrected chi connectivity index (χ4v) is 5.82. The van der Waals surface area contributed by atoms with Crippen LogP contribution in [0.25, 0.3) is 0 Å². The SMILES string of the molecule is O=C(Nc1ccc(OC(=O)N2CCC(CSc3ncn[nH]3)CC2)cc1)c1ccc(CN2CCCCC2)cc1. The lowest BCUT2D eigenvalue weighted by atomic mass is 9.99. The lowest BCUT2D eigenvalue weighted by molar-refractivity contribution is 0.102. The summed E-state index contributed by atoms with van der Waals surface area (Å²) in [6.07, 6.45) is 6.89. The van der Waals surface area contributed by atoms with E-state index in [9.17, 15) is 9.59 Å².